The summed E-state index contributed by atoms with van der Waals surface area (Å²) in [5.74, 6) is 0.826. The highest BCUT2D eigenvalue weighted by Gasteiger charge is 2.22. The van der Waals surface area contributed by atoms with Gasteiger partial charge in [0, 0.05) is 24.2 Å². The van der Waals surface area contributed by atoms with Crippen LogP contribution in [0.1, 0.15) is 25.3 Å². The Morgan fingerprint density at radius 3 is 2.86 bits per heavy atom. The van der Waals surface area contributed by atoms with Crippen molar-refractivity contribution >= 4 is 10.9 Å². The molecule has 1 atom stereocenters. The van der Waals surface area contributed by atoms with Gasteiger partial charge in [-0.05, 0) is 69.6 Å². The normalized spacial score (nSPS) is 19.0. The number of pyridine rings is 1. The summed E-state index contributed by atoms with van der Waals surface area (Å²) >= 11 is 0. The van der Waals surface area contributed by atoms with Gasteiger partial charge in [-0.15, -0.1) is 0 Å². The monoisotopic (exact) mass is 283 g/mol. The minimum Gasteiger partial charge on any atom is -0.317 e. The number of hydrogen-bond acceptors (Lipinski definition) is 3. The maximum absolute atomic E-state index is 4.39. The van der Waals surface area contributed by atoms with Crippen LogP contribution >= 0.6 is 0 Å². The molecule has 1 aromatic heterocycles. The van der Waals surface area contributed by atoms with E-state index in [9.17, 15) is 0 Å². The van der Waals surface area contributed by atoms with E-state index in [4.69, 9.17) is 0 Å². The van der Waals surface area contributed by atoms with Crippen LogP contribution in [0.4, 0.5) is 0 Å². The largest absolute Gasteiger partial charge is 0.317 e. The Morgan fingerprint density at radius 1 is 1.29 bits per heavy atom. The Hall–Kier alpha value is -1.45. The average Bonchev–Trinajstić information content (AvgIpc) is 2.55. The van der Waals surface area contributed by atoms with Crippen molar-refractivity contribution in [2.45, 2.75) is 32.4 Å². The molecule has 3 heteroatoms. The molecule has 3 nitrogen and oxygen atoms in total. The van der Waals surface area contributed by atoms with Gasteiger partial charge < -0.3 is 5.32 Å². The van der Waals surface area contributed by atoms with Crippen LogP contribution in [0.3, 0.4) is 0 Å². The Bertz CT molecular complexity index is 588. The highest BCUT2D eigenvalue weighted by atomic mass is 15.1. The van der Waals surface area contributed by atoms with E-state index >= 15 is 0 Å². The molecule has 0 bridgehead atoms. The third-order valence-electron chi connectivity index (χ3n) is 4.87. The summed E-state index contributed by atoms with van der Waals surface area (Å²) in [5, 5.41) is 4.64. The van der Waals surface area contributed by atoms with E-state index in [1.165, 1.54) is 36.9 Å². The first-order valence-corrected chi connectivity index (χ1v) is 7.99. The second-order valence-electron chi connectivity index (χ2n) is 6.22. The van der Waals surface area contributed by atoms with Crippen LogP contribution in [-0.2, 0) is 6.54 Å². The number of nitrogens with one attached hydrogen (secondary N) is 1. The fourth-order valence-electron chi connectivity index (χ4n) is 3.33. The van der Waals surface area contributed by atoms with Crippen molar-refractivity contribution in [3.8, 4) is 0 Å². The maximum atomic E-state index is 4.39. The number of nitrogens with zero attached hydrogens (tertiary/aromatic N) is 2. The van der Waals surface area contributed by atoms with Crippen LogP contribution in [0.25, 0.3) is 10.9 Å². The number of likely N-dealkylation sites (tertiary alicyclic amines) is 1. The molecule has 1 aliphatic heterocycles. The quantitative estimate of drug-likeness (QED) is 0.935. The number of hydrogen-bond donors (Lipinski definition) is 1. The zero-order chi connectivity index (χ0) is 14.7. The first kappa shape index (κ1) is 14.5. The Labute approximate surface area is 127 Å². The summed E-state index contributed by atoms with van der Waals surface area (Å²) in [6, 6.07) is 11.4. The molecule has 21 heavy (non-hydrogen) atoms. The van der Waals surface area contributed by atoms with E-state index in [2.05, 4.69) is 53.4 Å². The number of fused-ring (bicyclic) bond motifs is 1. The Kier molecular flexibility index (Phi) is 4.51. The summed E-state index contributed by atoms with van der Waals surface area (Å²) in [6.07, 6.45) is 4.46. The zero-order valence-electron chi connectivity index (χ0n) is 13.0. The Morgan fingerprint density at radius 2 is 2.10 bits per heavy atom. The van der Waals surface area contributed by atoms with Gasteiger partial charge in [0.15, 0.2) is 0 Å². The third kappa shape index (κ3) is 3.42. The van der Waals surface area contributed by atoms with Crippen molar-refractivity contribution in [1.82, 2.24) is 15.2 Å². The molecule has 1 aromatic carbocycles. The van der Waals surface area contributed by atoms with Gasteiger partial charge in [-0.1, -0.05) is 12.1 Å². The van der Waals surface area contributed by atoms with Gasteiger partial charge in [-0.2, -0.15) is 0 Å². The fourth-order valence-corrected chi connectivity index (χ4v) is 3.33. The smallest absolute Gasteiger partial charge is 0.0702 e. The van der Waals surface area contributed by atoms with Crippen molar-refractivity contribution in [1.29, 1.82) is 0 Å². The first-order valence-electron chi connectivity index (χ1n) is 7.99. The molecule has 2 aromatic rings. The third-order valence-corrected chi connectivity index (χ3v) is 4.87. The number of rotatable bonds is 4. The van der Waals surface area contributed by atoms with Crippen LogP contribution in [-0.4, -0.2) is 36.1 Å². The van der Waals surface area contributed by atoms with Crippen LogP contribution in [0, 0.1) is 5.92 Å². The first-order chi connectivity index (χ1) is 10.3. The van der Waals surface area contributed by atoms with E-state index in [-0.39, 0.29) is 0 Å². The number of benzene rings is 1. The molecule has 2 heterocycles. The molecular formula is C18H25N3. The van der Waals surface area contributed by atoms with Gasteiger partial charge in [-0.25, -0.2) is 0 Å². The molecule has 0 saturated carbocycles. The van der Waals surface area contributed by atoms with Crippen LogP contribution < -0.4 is 5.32 Å². The highest BCUT2D eigenvalue weighted by molar-refractivity contribution is 5.78. The number of piperidine rings is 1. The summed E-state index contributed by atoms with van der Waals surface area (Å²) in [5.41, 5.74) is 2.48. The second-order valence-corrected chi connectivity index (χ2v) is 6.22. The summed E-state index contributed by atoms with van der Waals surface area (Å²) in [7, 11) is 2.07. The van der Waals surface area contributed by atoms with E-state index in [1.54, 1.807) is 0 Å². The minimum atomic E-state index is 0.638. The lowest BCUT2D eigenvalue weighted by Gasteiger charge is -2.34. The number of aromatic nitrogens is 1. The fraction of sp³-hybridized carbons (Fsp3) is 0.500. The summed E-state index contributed by atoms with van der Waals surface area (Å²) in [4.78, 5) is 6.97. The van der Waals surface area contributed by atoms with E-state index in [0.717, 1.165) is 18.0 Å². The van der Waals surface area contributed by atoms with Gasteiger partial charge in [0.2, 0.25) is 0 Å². The summed E-state index contributed by atoms with van der Waals surface area (Å²) < 4.78 is 0. The molecule has 0 aliphatic carbocycles. The SMILES string of the molecule is CNC(C)C1CCN(Cc2ccc3ncccc3c2)CC1. The minimum absolute atomic E-state index is 0.638. The summed E-state index contributed by atoms with van der Waals surface area (Å²) in [6.45, 7) is 5.78. The second kappa shape index (κ2) is 6.54. The van der Waals surface area contributed by atoms with Crippen molar-refractivity contribution in [3.63, 3.8) is 0 Å². The van der Waals surface area contributed by atoms with Crippen LogP contribution in [0.15, 0.2) is 36.5 Å². The molecule has 112 valence electrons. The van der Waals surface area contributed by atoms with Crippen molar-refractivity contribution in [3.05, 3.63) is 42.1 Å². The van der Waals surface area contributed by atoms with Crippen molar-refractivity contribution in [2.24, 2.45) is 5.92 Å². The van der Waals surface area contributed by atoms with Crippen molar-refractivity contribution < 1.29 is 0 Å². The molecule has 1 unspecified atom stereocenters. The molecular weight excluding hydrogens is 258 g/mol. The topological polar surface area (TPSA) is 28.2 Å². The molecule has 1 N–H and O–H groups in total. The predicted octanol–water partition coefficient (Wildman–Crippen LogP) is 3.05. The molecule has 3 rings (SSSR count). The molecule has 1 saturated heterocycles. The van der Waals surface area contributed by atoms with Crippen molar-refractivity contribution in [2.75, 3.05) is 20.1 Å². The molecule has 0 amide bonds. The van der Waals surface area contributed by atoms with Crippen LogP contribution in [0.5, 0.6) is 0 Å². The van der Waals surface area contributed by atoms with E-state index in [1.807, 2.05) is 12.3 Å². The zero-order valence-corrected chi connectivity index (χ0v) is 13.0. The average molecular weight is 283 g/mol. The van der Waals surface area contributed by atoms with Gasteiger partial charge >= 0.3 is 0 Å². The van der Waals surface area contributed by atoms with Gasteiger partial charge in [0.25, 0.3) is 0 Å². The standard InChI is InChI=1S/C18H25N3/c1-14(19-2)16-7-10-21(11-8-16)13-15-5-6-18-17(12-15)4-3-9-20-18/h3-6,9,12,14,16,19H,7-8,10-11,13H2,1-2H3. The van der Waals surface area contributed by atoms with Gasteiger partial charge in [-0.3, -0.25) is 9.88 Å². The van der Waals surface area contributed by atoms with Gasteiger partial charge in [0.05, 0.1) is 5.52 Å². The lowest BCUT2D eigenvalue weighted by molar-refractivity contribution is 0.159. The van der Waals surface area contributed by atoms with Crippen LogP contribution in [0.2, 0.25) is 0 Å². The highest BCUT2D eigenvalue weighted by Crippen LogP contribution is 2.22. The molecule has 0 spiro atoms. The van der Waals surface area contributed by atoms with E-state index < -0.39 is 0 Å². The molecule has 0 radical (unpaired) electrons. The van der Waals surface area contributed by atoms with Gasteiger partial charge in [0.1, 0.15) is 0 Å². The van der Waals surface area contributed by atoms with E-state index in [0.29, 0.717) is 6.04 Å². The lowest BCUT2D eigenvalue weighted by Crippen LogP contribution is -2.40. The maximum Gasteiger partial charge on any atom is 0.0702 e. The Balaban J connectivity index is 1.61. The predicted molar refractivity (Wildman–Crippen MR) is 88.3 cm³/mol. The molecule has 1 aliphatic rings. The molecule has 1 fully saturated rings. The lowest BCUT2D eigenvalue weighted by atomic mass is 9.90.